The Morgan fingerprint density at radius 1 is 1.20 bits per heavy atom. The number of pyridine rings is 2. The minimum Gasteiger partial charge on any atom is -0.348 e. The molecule has 0 aliphatic rings. The van der Waals surface area contributed by atoms with Crippen LogP contribution < -0.4 is 5.43 Å². The Kier molecular flexibility index (Phi) is 2.63. The maximum absolute atomic E-state index is 10.9. The van der Waals surface area contributed by atoms with E-state index in [-0.39, 0.29) is 5.43 Å². The van der Waals surface area contributed by atoms with E-state index in [0.29, 0.717) is 6.54 Å². The minimum absolute atomic E-state index is 0.0310. The van der Waals surface area contributed by atoms with E-state index < -0.39 is 0 Å². The van der Waals surface area contributed by atoms with Crippen molar-refractivity contribution in [2.45, 2.75) is 13.5 Å². The second-order valence-electron chi connectivity index (χ2n) is 3.48. The third kappa shape index (κ3) is 2.53. The number of hydrogen-bond donors (Lipinski definition) is 0. The summed E-state index contributed by atoms with van der Waals surface area (Å²) in [5.41, 5.74) is 2.04. The quantitative estimate of drug-likeness (QED) is 0.738. The average molecular weight is 200 g/mol. The van der Waals surface area contributed by atoms with Gasteiger partial charge in [0.05, 0.1) is 12.2 Å². The summed E-state index contributed by atoms with van der Waals surface area (Å²) in [6.07, 6.45) is 3.54. The molecular weight excluding hydrogens is 188 g/mol. The van der Waals surface area contributed by atoms with Crippen molar-refractivity contribution in [1.82, 2.24) is 9.55 Å². The molecule has 0 saturated heterocycles. The largest absolute Gasteiger partial charge is 0.348 e. The smallest absolute Gasteiger partial charge is 0.181 e. The van der Waals surface area contributed by atoms with Crippen LogP contribution in [0, 0.1) is 6.92 Å². The molecule has 0 unspecified atom stereocenters. The predicted molar refractivity (Wildman–Crippen MR) is 58.8 cm³/mol. The Hall–Kier alpha value is -1.90. The van der Waals surface area contributed by atoms with Crippen molar-refractivity contribution < 1.29 is 0 Å². The van der Waals surface area contributed by atoms with Crippen molar-refractivity contribution in [3.05, 3.63) is 64.3 Å². The summed E-state index contributed by atoms with van der Waals surface area (Å²) in [7, 11) is 0. The Morgan fingerprint density at radius 3 is 2.60 bits per heavy atom. The van der Waals surface area contributed by atoms with Crippen molar-refractivity contribution in [3.63, 3.8) is 0 Å². The lowest BCUT2D eigenvalue weighted by atomic mass is 10.3. The van der Waals surface area contributed by atoms with Crippen LogP contribution in [0.15, 0.2) is 47.5 Å². The first-order valence-electron chi connectivity index (χ1n) is 4.83. The summed E-state index contributed by atoms with van der Waals surface area (Å²) in [4.78, 5) is 15.3. The van der Waals surface area contributed by atoms with E-state index in [1.807, 2.05) is 29.7 Å². The summed E-state index contributed by atoms with van der Waals surface area (Å²) in [5, 5.41) is 0. The number of rotatable bonds is 2. The highest BCUT2D eigenvalue weighted by Crippen LogP contribution is 2.00. The summed E-state index contributed by atoms with van der Waals surface area (Å²) in [5.74, 6) is 0. The second-order valence-corrected chi connectivity index (χ2v) is 3.48. The molecule has 2 aromatic heterocycles. The lowest BCUT2D eigenvalue weighted by Gasteiger charge is -2.05. The van der Waals surface area contributed by atoms with Crippen LogP contribution in [0.5, 0.6) is 0 Å². The van der Waals surface area contributed by atoms with Gasteiger partial charge >= 0.3 is 0 Å². The Labute approximate surface area is 88.0 Å². The molecule has 0 bridgehead atoms. The first kappa shape index (κ1) is 9.65. The van der Waals surface area contributed by atoms with E-state index in [0.717, 1.165) is 11.4 Å². The maximum atomic E-state index is 10.9. The van der Waals surface area contributed by atoms with E-state index >= 15 is 0 Å². The molecule has 0 atom stereocenters. The average Bonchev–Trinajstić information content (AvgIpc) is 2.22. The molecule has 0 aliphatic heterocycles. The summed E-state index contributed by atoms with van der Waals surface area (Å²) in [6.45, 7) is 2.66. The number of nitrogens with zero attached hydrogens (tertiary/aromatic N) is 2. The van der Waals surface area contributed by atoms with Crippen LogP contribution in [-0.2, 0) is 6.54 Å². The van der Waals surface area contributed by atoms with Gasteiger partial charge in [0.2, 0.25) is 0 Å². The molecule has 3 heteroatoms. The van der Waals surface area contributed by atoms with Gasteiger partial charge in [-0.15, -0.1) is 0 Å². The zero-order valence-electron chi connectivity index (χ0n) is 8.55. The highest BCUT2D eigenvalue weighted by atomic mass is 16.1. The van der Waals surface area contributed by atoms with Crippen molar-refractivity contribution in [3.8, 4) is 0 Å². The fraction of sp³-hybridized carbons (Fsp3) is 0.167. The molecule has 0 fully saturated rings. The van der Waals surface area contributed by atoms with Crippen LogP contribution in [-0.4, -0.2) is 9.55 Å². The first-order chi connectivity index (χ1) is 7.24. The van der Waals surface area contributed by atoms with E-state index in [1.54, 1.807) is 24.5 Å². The molecule has 0 aliphatic carbocycles. The van der Waals surface area contributed by atoms with Gasteiger partial charge in [-0.25, -0.2) is 0 Å². The van der Waals surface area contributed by atoms with Crippen LogP contribution in [0.2, 0.25) is 0 Å². The highest BCUT2D eigenvalue weighted by Gasteiger charge is 1.95. The molecule has 0 saturated carbocycles. The van der Waals surface area contributed by atoms with Crippen LogP contribution >= 0.6 is 0 Å². The van der Waals surface area contributed by atoms with Crippen molar-refractivity contribution in [2.24, 2.45) is 0 Å². The maximum Gasteiger partial charge on any atom is 0.181 e. The van der Waals surface area contributed by atoms with Crippen LogP contribution in [0.1, 0.15) is 11.4 Å². The first-order valence-corrected chi connectivity index (χ1v) is 4.83. The molecule has 0 N–H and O–H groups in total. The van der Waals surface area contributed by atoms with Gasteiger partial charge in [-0.2, -0.15) is 0 Å². The lowest BCUT2D eigenvalue weighted by Crippen LogP contribution is -2.06. The van der Waals surface area contributed by atoms with E-state index in [9.17, 15) is 4.79 Å². The number of aryl methyl sites for hydroxylation is 1. The van der Waals surface area contributed by atoms with Crippen LogP contribution in [0.25, 0.3) is 0 Å². The van der Waals surface area contributed by atoms with Gasteiger partial charge in [0.1, 0.15) is 0 Å². The Balaban J connectivity index is 2.22. The second kappa shape index (κ2) is 4.09. The zero-order chi connectivity index (χ0) is 10.7. The number of hydrogen-bond acceptors (Lipinski definition) is 2. The molecule has 0 aromatic carbocycles. The molecule has 0 spiro atoms. The predicted octanol–water partition coefficient (Wildman–Crippen LogP) is 1.60. The summed E-state index contributed by atoms with van der Waals surface area (Å²) >= 11 is 0. The molecular formula is C12H12N2O. The fourth-order valence-corrected chi connectivity index (χ4v) is 1.42. The Bertz CT molecular complexity index is 497. The molecule has 15 heavy (non-hydrogen) atoms. The third-order valence-corrected chi connectivity index (χ3v) is 2.15. The van der Waals surface area contributed by atoms with Gasteiger partial charge < -0.3 is 4.57 Å². The van der Waals surface area contributed by atoms with Crippen molar-refractivity contribution in [1.29, 1.82) is 0 Å². The highest BCUT2D eigenvalue weighted by molar-refractivity contribution is 5.10. The Morgan fingerprint density at radius 2 is 1.93 bits per heavy atom. The van der Waals surface area contributed by atoms with Crippen molar-refractivity contribution in [2.75, 3.05) is 0 Å². The van der Waals surface area contributed by atoms with Gasteiger partial charge in [0.25, 0.3) is 0 Å². The zero-order valence-corrected chi connectivity index (χ0v) is 8.55. The van der Waals surface area contributed by atoms with E-state index in [1.165, 1.54) is 0 Å². The molecule has 0 radical (unpaired) electrons. The SMILES string of the molecule is Cc1cccc(Cn2ccc(=O)cc2)n1. The topological polar surface area (TPSA) is 34.9 Å². The standard InChI is InChI=1S/C12H12N2O/c1-10-3-2-4-11(13-10)9-14-7-5-12(15)6-8-14/h2-8H,9H2,1H3. The summed E-state index contributed by atoms with van der Waals surface area (Å²) in [6, 6.07) is 9.03. The van der Waals surface area contributed by atoms with Crippen LogP contribution in [0.3, 0.4) is 0 Å². The molecule has 2 aromatic rings. The van der Waals surface area contributed by atoms with E-state index in [2.05, 4.69) is 4.98 Å². The number of aromatic nitrogens is 2. The fourth-order valence-electron chi connectivity index (χ4n) is 1.42. The molecule has 2 heterocycles. The summed E-state index contributed by atoms with van der Waals surface area (Å²) < 4.78 is 1.93. The molecule has 0 amide bonds. The van der Waals surface area contributed by atoms with Crippen LogP contribution in [0.4, 0.5) is 0 Å². The third-order valence-electron chi connectivity index (χ3n) is 2.15. The molecule has 76 valence electrons. The van der Waals surface area contributed by atoms with Gasteiger partial charge in [0.15, 0.2) is 5.43 Å². The van der Waals surface area contributed by atoms with Gasteiger partial charge in [-0.05, 0) is 19.1 Å². The minimum atomic E-state index is 0.0310. The van der Waals surface area contributed by atoms with E-state index in [4.69, 9.17) is 0 Å². The van der Waals surface area contributed by atoms with Gasteiger partial charge in [0, 0.05) is 30.2 Å². The van der Waals surface area contributed by atoms with Gasteiger partial charge in [-0.1, -0.05) is 6.07 Å². The van der Waals surface area contributed by atoms with Gasteiger partial charge in [-0.3, -0.25) is 9.78 Å². The molecule has 3 nitrogen and oxygen atoms in total. The lowest BCUT2D eigenvalue weighted by molar-refractivity contribution is 0.762. The molecule has 2 rings (SSSR count). The van der Waals surface area contributed by atoms with Crippen molar-refractivity contribution >= 4 is 0 Å². The monoisotopic (exact) mass is 200 g/mol. The normalized spacial score (nSPS) is 10.2.